The normalized spacial score (nSPS) is 11.4. The molecule has 0 aliphatic heterocycles. The summed E-state index contributed by atoms with van der Waals surface area (Å²) in [5.74, 6) is 0.861. The number of aryl methyl sites for hydroxylation is 1. The molecule has 146 valence electrons. The van der Waals surface area contributed by atoms with Gasteiger partial charge in [-0.15, -0.1) is 0 Å². The summed E-state index contributed by atoms with van der Waals surface area (Å²) in [6.07, 6.45) is 3.42. The van der Waals surface area contributed by atoms with Gasteiger partial charge in [-0.25, -0.2) is 0 Å². The number of hydrogen-bond acceptors (Lipinski definition) is 2. The number of anilines is 1. The maximum absolute atomic E-state index is 11.8. The maximum Gasteiger partial charge on any atom is 0.224 e. The molecule has 0 fully saturated rings. The van der Waals surface area contributed by atoms with Gasteiger partial charge >= 0.3 is 0 Å². The number of rotatable bonds is 7. The molecule has 0 radical (unpaired) electrons. The third-order valence-corrected chi connectivity index (χ3v) is 4.62. The van der Waals surface area contributed by atoms with E-state index in [4.69, 9.17) is 0 Å². The molecule has 6 nitrogen and oxygen atoms in total. The first-order chi connectivity index (χ1) is 12.9. The van der Waals surface area contributed by atoms with Crippen molar-refractivity contribution < 1.29 is 4.79 Å². The number of aromatic nitrogens is 1. The topological polar surface area (TPSA) is 61.7 Å². The van der Waals surface area contributed by atoms with E-state index in [0.29, 0.717) is 13.0 Å². The fourth-order valence-corrected chi connectivity index (χ4v) is 3.39. The predicted octanol–water partition coefficient (Wildman–Crippen LogP) is 3.73. The Hall–Kier alpha value is -2.28. The first-order valence-corrected chi connectivity index (χ1v) is 9.83. The molecule has 2 rings (SSSR count). The molecule has 1 heterocycles. The predicted molar refractivity (Wildman–Crippen MR) is 115 cm³/mol. The van der Waals surface area contributed by atoms with Gasteiger partial charge in [0.25, 0.3) is 0 Å². The number of guanidine groups is 1. The van der Waals surface area contributed by atoms with Gasteiger partial charge in [-0.1, -0.05) is 19.1 Å². The lowest BCUT2D eigenvalue weighted by Crippen LogP contribution is -2.38. The quantitative estimate of drug-likeness (QED) is 0.516. The molecule has 0 aliphatic rings. The van der Waals surface area contributed by atoms with Crippen LogP contribution in [0.1, 0.15) is 31.0 Å². The number of carbonyl (C=O) groups excluding carboxylic acids is 1. The number of carbonyl (C=O) groups is 1. The molecule has 0 unspecified atom stereocenters. The second-order valence-corrected chi connectivity index (χ2v) is 7.43. The van der Waals surface area contributed by atoms with Gasteiger partial charge in [0.05, 0.1) is 6.54 Å². The fourth-order valence-electron chi connectivity index (χ4n) is 2.82. The zero-order valence-electron chi connectivity index (χ0n) is 16.4. The van der Waals surface area contributed by atoms with Crippen LogP contribution < -0.4 is 10.6 Å². The zero-order chi connectivity index (χ0) is 19.8. The van der Waals surface area contributed by atoms with Crippen molar-refractivity contribution in [1.82, 2.24) is 14.8 Å². The monoisotopic (exact) mass is 433 g/mol. The van der Waals surface area contributed by atoms with Crippen LogP contribution in [0.5, 0.6) is 0 Å². The Bertz CT molecular complexity index is 799. The lowest BCUT2D eigenvalue weighted by molar-refractivity contribution is -0.116. The van der Waals surface area contributed by atoms with E-state index in [2.05, 4.69) is 47.1 Å². The largest absolute Gasteiger partial charge is 0.352 e. The summed E-state index contributed by atoms with van der Waals surface area (Å²) < 4.78 is 3.16. The van der Waals surface area contributed by atoms with Crippen molar-refractivity contribution in [3.63, 3.8) is 0 Å². The van der Waals surface area contributed by atoms with Gasteiger partial charge in [-0.2, -0.15) is 0 Å². The van der Waals surface area contributed by atoms with Crippen molar-refractivity contribution in [3.05, 3.63) is 52.3 Å². The van der Waals surface area contributed by atoms with Crippen molar-refractivity contribution in [2.75, 3.05) is 19.4 Å². The SMILES string of the molecule is CCCC(=O)Nc1cccc(CNC(=NC)N(C)Cc2cc(Br)cn2C)c1. The Morgan fingerprint density at radius 2 is 2.11 bits per heavy atom. The molecule has 7 heteroatoms. The van der Waals surface area contributed by atoms with Gasteiger partial charge < -0.3 is 20.1 Å². The van der Waals surface area contributed by atoms with Crippen LogP contribution in [0.4, 0.5) is 5.69 Å². The van der Waals surface area contributed by atoms with Crippen molar-refractivity contribution >= 4 is 33.5 Å². The minimum Gasteiger partial charge on any atom is -0.352 e. The molecule has 2 aromatic rings. The van der Waals surface area contributed by atoms with Gasteiger partial charge in [0.1, 0.15) is 0 Å². The van der Waals surface area contributed by atoms with Crippen LogP contribution in [0.15, 0.2) is 46.0 Å². The molecule has 1 aromatic carbocycles. The molecule has 0 aliphatic carbocycles. The number of nitrogens with one attached hydrogen (secondary N) is 2. The summed E-state index contributed by atoms with van der Waals surface area (Å²) >= 11 is 3.51. The molecule has 0 atom stereocenters. The summed E-state index contributed by atoms with van der Waals surface area (Å²) in [5, 5.41) is 6.31. The molecule has 0 saturated carbocycles. The number of nitrogens with zero attached hydrogens (tertiary/aromatic N) is 3. The van der Waals surface area contributed by atoms with Crippen LogP contribution >= 0.6 is 15.9 Å². The van der Waals surface area contributed by atoms with E-state index in [0.717, 1.165) is 34.6 Å². The third-order valence-electron chi connectivity index (χ3n) is 4.19. The van der Waals surface area contributed by atoms with E-state index in [1.54, 1.807) is 7.05 Å². The number of benzene rings is 1. The fraction of sp³-hybridized carbons (Fsp3) is 0.400. The molecule has 0 saturated heterocycles. The van der Waals surface area contributed by atoms with Crippen molar-refractivity contribution in [3.8, 4) is 0 Å². The average molecular weight is 434 g/mol. The lowest BCUT2D eigenvalue weighted by atomic mass is 10.2. The van der Waals surface area contributed by atoms with E-state index >= 15 is 0 Å². The molecule has 1 amide bonds. The maximum atomic E-state index is 11.8. The van der Waals surface area contributed by atoms with E-state index in [-0.39, 0.29) is 5.91 Å². The lowest BCUT2D eigenvalue weighted by Gasteiger charge is -2.22. The van der Waals surface area contributed by atoms with Gasteiger partial charge in [0, 0.05) is 56.2 Å². The zero-order valence-corrected chi connectivity index (χ0v) is 18.0. The summed E-state index contributed by atoms with van der Waals surface area (Å²) in [7, 11) is 5.82. The van der Waals surface area contributed by atoms with Gasteiger partial charge in [-0.3, -0.25) is 9.79 Å². The highest BCUT2D eigenvalue weighted by atomic mass is 79.9. The molecule has 1 aromatic heterocycles. The van der Waals surface area contributed by atoms with Crippen LogP contribution in [0, 0.1) is 0 Å². The van der Waals surface area contributed by atoms with E-state index in [9.17, 15) is 4.79 Å². The molecule has 2 N–H and O–H groups in total. The highest BCUT2D eigenvalue weighted by Gasteiger charge is 2.10. The highest BCUT2D eigenvalue weighted by Crippen LogP contribution is 2.15. The molecule has 0 spiro atoms. The van der Waals surface area contributed by atoms with Crippen LogP contribution in [0.3, 0.4) is 0 Å². The Morgan fingerprint density at radius 3 is 2.74 bits per heavy atom. The van der Waals surface area contributed by atoms with Crippen molar-refractivity contribution in [1.29, 1.82) is 0 Å². The van der Waals surface area contributed by atoms with E-state index in [1.807, 2.05) is 51.5 Å². The number of halogens is 1. The molecular weight excluding hydrogens is 406 g/mol. The summed E-state index contributed by atoms with van der Waals surface area (Å²) in [5.41, 5.74) is 3.10. The minimum absolute atomic E-state index is 0.0480. The third kappa shape index (κ3) is 6.43. The number of hydrogen-bond donors (Lipinski definition) is 2. The van der Waals surface area contributed by atoms with Gasteiger partial charge in [-0.05, 0) is 46.1 Å². The molecular formula is C20H28BrN5O. The van der Waals surface area contributed by atoms with Crippen LogP contribution in [-0.2, 0) is 24.9 Å². The van der Waals surface area contributed by atoms with Crippen molar-refractivity contribution in [2.24, 2.45) is 12.0 Å². The van der Waals surface area contributed by atoms with Crippen LogP contribution in [0.25, 0.3) is 0 Å². The summed E-state index contributed by atoms with van der Waals surface area (Å²) in [6, 6.07) is 9.98. The summed E-state index contributed by atoms with van der Waals surface area (Å²) in [4.78, 5) is 18.2. The van der Waals surface area contributed by atoms with E-state index in [1.165, 1.54) is 5.69 Å². The van der Waals surface area contributed by atoms with Crippen molar-refractivity contribution in [2.45, 2.75) is 32.9 Å². The average Bonchev–Trinajstić information content (AvgIpc) is 2.93. The van der Waals surface area contributed by atoms with E-state index < -0.39 is 0 Å². The highest BCUT2D eigenvalue weighted by molar-refractivity contribution is 9.10. The Morgan fingerprint density at radius 1 is 1.33 bits per heavy atom. The smallest absolute Gasteiger partial charge is 0.224 e. The van der Waals surface area contributed by atoms with Gasteiger partial charge in [0.15, 0.2) is 5.96 Å². The van der Waals surface area contributed by atoms with Gasteiger partial charge in [0.2, 0.25) is 5.91 Å². The first kappa shape index (κ1) is 21.0. The first-order valence-electron chi connectivity index (χ1n) is 9.04. The van der Waals surface area contributed by atoms with Crippen LogP contribution in [0.2, 0.25) is 0 Å². The summed E-state index contributed by atoms with van der Waals surface area (Å²) in [6.45, 7) is 3.37. The number of aliphatic imine (C=N–C) groups is 1. The Balaban J connectivity index is 1.95. The van der Waals surface area contributed by atoms with Crippen LogP contribution in [-0.4, -0.2) is 35.4 Å². The Labute approximate surface area is 169 Å². The second-order valence-electron chi connectivity index (χ2n) is 6.52. The molecule has 0 bridgehead atoms. The Kier molecular flexibility index (Phi) is 7.91. The standard InChI is InChI=1S/C20H28BrN5O/c1-5-7-19(27)24-17-9-6-8-15(10-17)12-23-20(22-2)26(4)14-18-11-16(21)13-25(18)3/h6,8-11,13H,5,7,12,14H2,1-4H3,(H,22,23)(H,24,27). The second kappa shape index (κ2) is 10.2. The number of amides is 1. The minimum atomic E-state index is 0.0480. The molecule has 27 heavy (non-hydrogen) atoms.